The summed E-state index contributed by atoms with van der Waals surface area (Å²) < 4.78 is 11.3. The van der Waals surface area contributed by atoms with Gasteiger partial charge in [0.25, 0.3) is 0 Å². The van der Waals surface area contributed by atoms with Crippen LogP contribution in [0.15, 0.2) is 24.3 Å². The third-order valence-electron chi connectivity index (χ3n) is 2.95. The average molecular weight is 280 g/mol. The van der Waals surface area contributed by atoms with E-state index in [4.69, 9.17) is 9.47 Å². The summed E-state index contributed by atoms with van der Waals surface area (Å²) in [5, 5.41) is 3.14. The molecule has 0 amide bonds. The van der Waals surface area contributed by atoms with Gasteiger partial charge in [0.15, 0.2) is 0 Å². The minimum absolute atomic E-state index is 0.301. The van der Waals surface area contributed by atoms with Gasteiger partial charge >= 0.3 is 0 Å². The molecule has 1 aromatic rings. The fourth-order valence-corrected chi connectivity index (χ4v) is 1.82. The topological polar surface area (TPSA) is 33.7 Å². The molecule has 0 unspecified atom stereocenters. The smallest absolute Gasteiger partial charge is 0.119 e. The zero-order valence-corrected chi connectivity index (χ0v) is 13.2. The summed E-state index contributed by atoms with van der Waals surface area (Å²) in [4.78, 5) is 2.22. The van der Waals surface area contributed by atoms with Crippen molar-refractivity contribution in [2.75, 3.05) is 40.4 Å². The van der Waals surface area contributed by atoms with E-state index in [1.54, 1.807) is 0 Å². The van der Waals surface area contributed by atoms with Crippen LogP contribution in [0.4, 0.5) is 0 Å². The second-order valence-corrected chi connectivity index (χ2v) is 5.25. The van der Waals surface area contributed by atoms with Gasteiger partial charge in [-0.25, -0.2) is 0 Å². The summed E-state index contributed by atoms with van der Waals surface area (Å²) in [7, 11) is 4.03. The van der Waals surface area contributed by atoms with Crippen LogP contribution in [0.1, 0.15) is 19.4 Å². The number of nitrogens with one attached hydrogen (secondary N) is 1. The molecule has 4 heteroatoms. The zero-order valence-electron chi connectivity index (χ0n) is 13.2. The molecule has 114 valence electrons. The molecule has 0 bridgehead atoms. The van der Waals surface area contributed by atoms with Crippen molar-refractivity contribution >= 4 is 0 Å². The van der Waals surface area contributed by atoms with Gasteiger partial charge in [0.2, 0.25) is 0 Å². The van der Waals surface area contributed by atoms with E-state index in [1.165, 1.54) is 5.56 Å². The number of nitrogens with zero attached hydrogens (tertiary/aromatic N) is 1. The Morgan fingerprint density at radius 3 is 2.65 bits per heavy atom. The van der Waals surface area contributed by atoms with Crippen LogP contribution in [0.3, 0.4) is 0 Å². The van der Waals surface area contributed by atoms with Crippen molar-refractivity contribution in [3.8, 4) is 5.75 Å². The first-order chi connectivity index (χ1) is 9.61. The maximum absolute atomic E-state index is 5.78. The maximum Gasteiger partial charge on any atom is 0.119 e. The van der Waals surface area contributed by atoms with E-state index in [0.29, 0.717) is 12.7 Å². The van der Waals surface area contributed by atoms with E-state index in [9.17, 15) is 0 Å². The molecule has 0 atom stereocenters. The fourth-order valence-electron chi connectivity index (χ4n) is 1.82. The van der Waals surface area contributed by atoms with Crippen LogP contribution < -0.4 is 10.1 Å². The van der Waals surface area contributed by atoms with Crippen LogP contribution in [0, 0.1) is 0 Å². The van der Waals surface area contributed by atoms with Crippen LogP contribution in [0.5, 0.6) is 5.75 Å². The van der Waals surface area contributed by atoms with Crippen molar-refractivity contribution in [3.05, 3.63) is 29.8 Å². The Hall–Kier alpha value is -1.10. The largest absolute Gasteiger partial charge is 0.492 e. The average Bonchev–Trinajstić information content (AvgIpc) is 2.39. The lowest BCUT2D eigenvalue weighted by Gasteiger charge is -2.18. The molecule has 1 rings (SSSR count). The molecule has 0 aromatic heterocycles. The molecule has 0 spiro atoms. The lowest BCUT2D eigenvalue weighted by molar-refractivity contribution is 0.0616. The summed E-state index contributed by atoms with van der Waals surface area (Å²) in [6.07, 6.45) is 0.301. The first-order valence-corrected chi connectivity index (χ1v) is 7.28. The van der Waals surface area contributed by atoms with Gasteiger partial charge < -0.3 is 19.7 Å². The highest BCUT2D eigenvalue weighted by molar-refractivity contribution is 5.28. The number of rotatable bonds is 10. The van der Waals surface area contributed by atoms with Crippen LogP contribution >= 0.6 is 0 Å². The number of hydrogen-bond acceptors (Lipinski definition) is 4. The van der Waals surface area contributed by atoms with Crippen molar-refractivity contribution in [2.45, 2.75) is 26.5 Å². The Bertz CT molecular complexity index is 369. The predicted molar refractivity (Wildman–Crippen MR) is 83.3 cm³/mol. The van der Waals surface area contributed by atoms with E-state index in [1.807, 2.05) is 19.2 Å². The second-order valence-electron chi connectivity index (χ2n) is 5.25. The standard InChI is InChI=1S/C16H28N2O2/c1-14(2)19-10-8-18(4)9-11-20-16-7-5-6-15(12-16)13-17-3/h5-7,12,14,17H,8-11,13H2,1-4H3. The highest BCUT2D eigenvalue weighted by atomic mass is 16.5. The molecular weight excluding hydrogens is 252 g/mol. The number of hydrogen-bond donors (Lipinski definition) is 1. The third kappa shape index (κ3) is 7.48. The Morgan fingerprint density at radius 2 is 1.95 bits per heavy atom. The van der Waals surface area contributed by atoms with Crippen molar-refractivity contribution in [1.29, 1.82) is 0 Å². The van der Waals surface area contributed by atoms with Crippen molar-refractivity contribution in [2.24, 2.45) is 0 Å². The molecule has 0 saturated carbocycles. The van der Waals surface area contributed by atoms with Gasteiger partial charge in [0.05, 0.1) is 12.7 Å². The summed E-state index contributed by atoms with van der Waals surface area (Å²) in [5.74, 6) is 0.935. The Kier molecular flexibility index (Phi) is 8.26. The van der Waals surface area contributed by atoms with E-state index in [2.05, 4.69) is 43.2 Å². The first kappa shape index (κ1) is 17.0. The monoisotopic (exact) mass is 280 g/mol. The second kappa shape index (κ2) is 9.75. The van der Waals surface area contributed by atoms with E-state index >= 15 is 0 Å². The van der Waals surface area contributed by atoms with Crippen LogP contribution in [-0.4, -0.2) is 51.4 Å². The number of likely N-dealkylation sites (N-methyl/N-ethyl adjacent to an activating group) is 1. The van der Waals surface area contributed by atoms with Gasteiger partial charge in [-0.2, -0.15) is 0 Å². The van der Waals surface area contributed by atoms with Crippen LogP contribution in [-0.2, 0) is 11.3 Å². The summed E-state index contributed by atoms with van der Waals surface area (Å²) in [5.41, 5.74) is 1.24. The van der Waals surface area contributed by atoms with Crippen LogP contribution in [0.2, 0.25) is 0 Å². The predicted octanol–water partition coefficient (Wildman–Crippen LogP) is 2.14. The Labute approximate surface area is 123 Å². The SMILES string of the molecule is CNCc1cccc(OCCN(C)CCOC(C)C)c1. The van der Waals surface area contributed by atoms with Gasteiger partial charge in [0, 0.05) is 19.6 Å². The molecule has 0 heterocycles. The molecule has 1 aromatic carbocycles. The van der Waals surface area contributed by atoms with Crippen molar-refractivity contribution in [1.82, 2.24) is 10.2 Å². The summed E-state index contributed by atoms with van der Waals surface area (Å²) in [6.45, 7) is 8.28. The summed E-state index contributed by atoms with van der Waals surface area (Å²) >= 11 is 0. The van der Waals surface area contributed by atoms with E-state index < -0.39 is 0 Å². The fraction of sp³-hybridized carbons (Fsp3) is 0.625. The number of benzene rings is 1. The lowest BCUT2D eigenvalue weighted by Crippen LogP contribution is -2.28. The minimum atomic E-state index is 0.301. The van der Waals surface area contributed by atoms with Crippen molar-refractivity contribution in [3.63, 3.8) is 0 Å². The minimum Gasteiger partial charge on any atom is -0.492 e. The third-order valence-corrected chi connectivity index (χ3v) is 2.95. The normalized spacial score (nSPS) is 11.3. The van der Waals surface area contributed by atoms with E-state index in [0.717, 1.165) is 32.0 Å². The molecule has 0 radical (unpaired) electrons. The van der Waals surface area contributed by atoms with Crippen molar-refractivity contribution < 1.29 is 9.47 Å². The molecular formula is C16H28N2O2. The zero-order chi connectivity index (χ0) is 14.8. The molecule has 0 fully saturated rings. The highest BCUT2D eigenvalue weighted by Gasteiger charge is 2.01. The van der Waals surface area contributed by atoms with E-state index in [-0.39, 0.29) is 0 Å². The molecule has 1 N–H and O–H groups in total. The number of ether oxygens (including phenoxy) is 2. The quantitative estimate of drug-likeness (QED) is 0.712. The molecule has 0 aliphatic heterocycles. The molecule has 4 nitrogen and oxygen atoms in total. The summed E-state index contributed by atoms with van der Waals surface area (Å²) in [6, 6.07) is 8.21. The molecule has 0 aliphatic carbocycles. The van der Waals surface area contributed by atoms with Gasteiger partial charge in [0.1, 0.15) is 12.4 Å². The molecule has 0 saturated heterocycles. The highest BCUT2D eigenvalue weighted by Crippen LogP contribution is 2.13. The lowest BCUT2D eigenvalue weighted by atomic mass is 10.2. The molecule has 20 heavy (non-hydrogen) atoms. The van der Waals surface area contributed by atoms with Gasteiger partial charge in [-0.3, -0.25) is 0 Å². The van der Waals surface area contributed by atoms with Gasteiger partial charge in [-0.05, 0) is 45.6 Å². The molecule has 0 aliphatic rings. The first-order valence-electron chi connectivity index (χ1n) is 7.28. The van der Waals surface area contributed by atoms with Gasteiger partial charge in [-0.15, -0.1) is 0 Å². The van der Waals surface area contributed by atoms with Crippen LogP contribution in [0.25, 0.3) is 0 Å². The van der Waals surface area contributed by atoms with Gasteiger partial charge in [-0.1, -0.05) is 12.1 Å². The Morgan fingerprint density at radius 1 is 1.20 bits per heavy atom. The Balaban J connectivity index is 2.21. The maximum atomic E-state index is 5.78.